The van der Waals surface area contributed by atoms with Crippen LogP contribution in [0.25, 0.3) is 0 Å². The molecule has 6 heteroatoms. The number of nitrogens with one attached hydrogen (secondary N) is 2. The van der Waals surface area contributed by atoms with E-state index in [0.717, 1.165) is 6.42 Å². The molecule has 0 aliphatic carbocycles. The third kappa shape index (κ3) is 7.90. The van der Waals surface area contributed by atoms with Crippen LogP contribution in [-0.2, 0) is 6.42 Å². The quantitative estimate of drug-likeness (QED) is 0.624. The van der Waals surface area contributed by atoms with Crippen LogP contribution in [0, 0.1) is 13.8 Å². The van der Waals surface area contributed by atoms with Gasteiger partial charge in [0, 0.05) is 13.1 Å². The lowest BCUT2D eigenvalue weighted by atomic mass is 10.1. The van der Waals surface area contributed by atoms with Gasteiger partial charge < -0.3 is 10.6 Å². The summed E-state index contributed by atoms with van der Waals surface area (Å²) in [5.41, 5.74) is 3.62. The number of hydrogen-bond acceptors (Lipinski definition) is 1. The Morgan fingerprint density at radius 2 is 1.73 bits per heavy atom. The third-order valence-corrected chi connectivity index (χ3v) is 3.00. The van der Waals surface area contributed by atoms with Crippen molar-refractivity contribution in [2.24, 2.45) is 4.99 Å². The van der Waals surface area contributed by atoms with Crippen LogP contribution < -0.4 is 10.6 Å². The Kier molecular flexibility index (Phi) is 7.21. The summed E-state index contributed by atoms with van der Waals surface area (Å²) in [4.78, 5) is 3.94. The van der Waals surface area contributed by atoms with Gasteiger partial charge in [-0.05, 0) is 32.8 Å². The SMILES string of the molecule is CCNC(=NCCC(F)(F)F)NCCc1cc(C)cc(C)c1. The number of halogens is 3. The predicted molar refractivity (Wildman–Crippen MR) is 84.3 cm³/mol. The molecule has 0 spiro atoms. The first-order chi connectivity index (χ1) is 10.3. The van der Waals surface area contributed by atoms with E-state index in [4.69, 9.17) is 0 Å². The standard InChI is InChI=1S/C16H24F3N3/c1-4-20-15(22-8-6-16(17,18)19)21-7-5-14-10-12(2)9-13(3)11-14/h9-11H,4-8H2,1-3H3,(H2,20,21,22). The fourth-order valence-corrected chi connectivity index (χ4v) is 2.17. The van der Waals surface area contributed by atoms with E-state index < -0.39 is 12.6 Å². The fraction of sp³-hybridized carbons (Fsp3) is 0.562. The molecule has 0 radical (unpaired) electrons. The molecule has 124 valence electrons. The molecule has 2 N–H and O–H groups in total. The Hall–Kier alpha value is -1.72. The maximum Gasteiger partial charge on any atom is 0.390 e. The molecule has 1 aromatic carbocycles. The largest absolute Gasteiger partial charge is 0.390 e. The van der Waals surface area contributed by atoms with Crippen molar-refractivity contribution >= 4 is 5.96 Å². The lowest BCUT2D eigenvalue weighted by Crippen LogP contribution is -2.38. The van der Waals surface area contributed by atoms with Gasteiger partial charge in [-0.2, -0.15) is 13.2 Å². The van der Waals surface area contributed by atoms with E-state index in [9.17, 15) is 13.2 Å². The van der Waals surface area contributed by atoms with Gasteiger partial charge in [-0.1, -0.05) is 29.3 Å². The van der Waals surface area contributed by atoms with E-state index in [1.54, 1.807) is 0 Å². The number of nitrogens with zero attached hydrogens (tertiary/aromatic N) is 1. The Morgan fingerprint density at radius 1 is 1.09 bits per heavy atom. The molecule has 1 rings (SSSR count). The van der Waals surface area contributed by atoms with Crippen molar-refractivity contribution in [3.05, 3.63) is 34.9 Å². The summed E-state index contributed by atoms with van der Waals surface area (Å²) in [7, 11) is 0. The molecule has 1 aromatic rings. The highest BCUT2D eigenvalue weighted by Crippen LogP contribution is 2.18. The summed E-state index contributed by atoms with van der Waals surface area (Å²) in [5, 5.41) is 6.02. The number of benzene rings is 1. The van der Waals surface area contributed by atoms with E-state index in [-0.39, 0.29) is 6.54 Å². The van der Waals surface area contributed by atoms with E-state index in [2.05, 4.69) is 33.8 Å². The van der Waals surface area contributed by atoms with Crippen molar-refractivity contribution in [2.45, 2.75) is 39.8 Å². The van der Waals surface area contributed by atoms with Gasteiger partial charge in [0.2, 0.25) is 0 Å². The van der Waals surface area contributed by atoms with Crippen LogP contribution in [0.2, 0.25) is 0 Å². The van der Waals surface area contributed by atoms with Crippen LogP contribution in [-0.4, -0.2) is 31.8 Å². The molecule has 0 aliphatic heterocycles. The summed E-state index contributed by atoms with van der Waals surface area (Å²) in [6.07, 6.45) is -4.27. The Balaban J connectivity index is 2.48. The van der Waals surface area contributed by atoms with Gasteiger partial charge in [-0.15, -0.1) is 0 Å². The van der Waals surface area contributed by atoms with Crippen LogP contribution in [0.4, 0.5) is 13.2 Å². The number of rotatable bonds is 6. The van der Waals surface area contributed by atoms with Crippen molar-refractivity contribution in [1.29, 1.82) is 0 Å². The maximum absolute atomic E-state index is 12.1. The number of aliphatic imine (C=N–C) groups is 1. The highest BCUT2D eigenvalue weighted by atomic mass is 19.4. The number of guanidine groups is 1. The third-order valence-electron chi connectivity index (χ3n) is 3.00. The molecule has 0 amide bonds. The highest BCUT2D eigenvalue weighted by molar-refractivity contribution is 5.79. The molecule has 0 heterocycles. The first kappa shape index (κ1) is 18.3. The minimum atomic E-state index is -4.17. The molecule has 0 aromatic heterocycles. The molecule has 0 saturated heterocycles. The van der Waals surface area contributed by atoms with Gasteiger partial charge in [-0.3, -0.25) is 4.99 Å². The van der Waals surface area contributed by atoms with E-state index in [1.807, 2.05) is 20.8 Å². The van der Waals surface area contributed by atoms with Crippen LogP contribution in [0.1, 0.15) is 30.0 Å². The average Bonchev–Trinajstić information content (AvgIpc) is 2.36. The lowest BCUT2D eigenvalue weighted by Gasteiger charge is -2.12. The summed E-state index contributed by atoms with van der Waals surface area (Å²) in [6.45, 7) is 6.95. The normalized spacial score (nSPS) is 12.4. The monoisotopic (exact) mass is 315 g/mol. The van der Waals surface area contributed by atoms with Crippen molar-refractivity contribution in [2.75, 3.05) is 19.6 Å². The van der Waals surface area contributed by atoms with Crippen LogP contribution in [0.15, 0.2) is 23.2 Å². The van der Waals surface area contributed by atoms with Crippen molar-refractivity contribution < 1.29 is 13.2 Å². The minimum Gasteiger partial charge on any atom is -0.357 e. The topological polar surface area (TPSA) is 36.4 Å². The second-order valence-corrected chi connectivity index (χ2v) is 5.30. The molecule has 0 atom stereocenters. The van der Waals surface area contributed by atoms with E-state index >= 15 is 0 Å². The molecule has 0 aliphatic rings. The van der Waals surface area contributed by atoms with Gasteiger partial charge in [0.05, 0.1) is 13.0 Å². The van der Waals surface area contributed by atoms with Gasteiger partial charge in [0.15, 0.2) is 5.96 Å². The van der Waals surface area contributed by atoms with E-state index in [0.29, 0.717) is 19.0 Å². The molecular weight excluding hydrogens is 291 g/mol. The first-order valence-electron chi connectivity index (χ1n) is 7.46. The Labute approximate surface area is 130 Å². The molecule has 22 heavy (non-hydrogen) atoms. The number of aryl methyl sites for hydroxylation is 2. The predicted octanol–water partition coefficient (Wildman–Crippen LogP) is 3.35. The smallest absolute Gasteiger partial charge is 0.357 e. The first-order valence-corrected chi connectivity index (χ1v) is 7.46. The Bertz CT molecular complexity index is 476. The lowest BCUT2D eigenvalue weighted by molar-refractivity contribution is -0.132. The molecule has 3 nitrogen and oxygen atoms in total. The summed E-state index contributed by atoms with van der Waals surface area (Å²) >= 11 is 0. The zero-order valence-electron chi connectivity index (χ0n) is 13.3. The second-order valence-electron chi connectivity index (χ2n) is 5.30. The van der Waals surface area contributed by atoms with Gasteiger partial charge in [0.1, 0.15) is 0 Å². The molecule has 0 unspecified atom stereocenters. The fourth-order valence-electron chi connectivity index (χ4n) is 2.17. The van der Waals surface area contributed by atoms with Crippen molar-refractivity contribution in [1.82, 2.24) is 10.6 Å². The zero-order chi connectivity index (χ0) is 16.6. The van der Waals surface area contributed by atoms with Gasteiger partial charge in [-0.25, -0.2) is 0 Å². The van der Waals surface area contributed by atoms with Crippen LogP contribution >= 0.6 is 0 Å². The highest BCUT2D eigenvalue weighted by Gasteiger charge is 2.26. The summed E-state index contributed by atoms with van der Waals surface area (Å²) in [6, 6.07) is 6.34. The van der Waals surface area contributed by atoms with E-state index in [1.165, 1.54) is 16.7 Å². The Morgan fingerprint density at radius 3 is 2.27 bits per heavy atom. The molecule has 0 saturated carbocycles. The summed E-state index contributed by atoms with van der Waals surface area (Å²) in [5.74, 6) is 0.427. The van der Waals surface area contributed by atoms with Crippen molar-refractivity contribution in [3.63, 3.8) is 0 Å². The average molecular weight is 315 g/mol. The second kappa shape index (κ2) is 8.66. The maximum atomic E-state index is 12.1. The van der Waals surface area contributed by atoms with Crippen LogP contribution in [0.5, 0.6) is 0 Å². The zero-order valence-corrected chi connectivity index (χ0v) is 13.3. The summed E-state index contributed by atoms with van der Waals surface area (Å²) < 4.78 is 36.4. The molecular formula is C16H24F3N3. The molecule has 0 fully saturated rings. The molecule has 0 bridgehead atoms. The van der Waals surface area contributed by atoms with Crippen LogP contribution in [0.3, 0.4) is 0 Å². The van der Waals surface area contributed by atoms with Gasteiger partial charge >= 0.3 is 6.18 Å². The number of hydrogen-bond donors (Lipinski definition) is 2. The minimum absolute atomic E-state index is 0.262. The van der Waals surface area contributed by atoms with Crippen molar-refractivity contribution in [3.8, 4) is 0 Å². The van der Waals surface area contributed by atoms with Gasteiger partial charge in [0.25, 0.3) is 0 Å². The number of alkyl halides is 3.